The van der Waals surface area contributed by atoms with Crippen LogP contribution in [-0.2, 0) is 11.8 Å². The van der Waals surface area contributed by atoms with Crippen molar-refractivity contribution >= 4 is 56.6 Å². The molecule has 1 amide bonds. The molecule has 0 unspecified atom stereocenters. The number of thiazole rings is 1. The van der Waals surface area contributed by atoms with Crippen molar-refractivity contribution in [2.24, 2.45) is 7.05 Å². The van der Waals surface area contributed by atoms with E-state index in [0.29, 0.717) is 22.4 Å². The van der Waals surface area contributed by atoms with Crippen LogP contribution in [0.25, 0.3) is 10.2 Å². The van der Waals surface area contributed by atoms with E-state index in [-0.39, 0.29) is 18.3 Å². The number of fused-ring (bicyclic) bond motifs is 1. The summed E-state index contributed by atoms with van der Waals surface area (Å²) >= 11 is 7.74. The third-order valence-corrected chi connectivity index (χ3v) is 5.86. The Hall–Kier alpha value is -1.71. The molecule has 28 heavy (non-hydrogen) atoms. The number of hydrogen-bond acceptors (Lipinski definition) is 6. The van der Waals surface area contributed by atoms with Gasteiger partial charge in [-0.25, -0.2) is 4.98 Å². The Labute approximate surface area is 178 Å². The number of ether oxygens (including phenoxy) is 1. The number of morpholine rings is 1. The monoisotopic (exact) mass is 441 g/mol. The minimum Gasteiger partial charge on any atom is -0.379 e. The van der Waals surface area contributed by atoms with Gasteiger partial charge in [0.1, 0.15) is 5.52 Å². The number of para-hydroxylation sites is 1. The van der Waals surface area contributed by atoms with Crippen LogP contribution in [0.5, 0.6) is 0 Å². The normalized spacial score (nSPS) is 14.8. The number of anilines is 1. The second-order valence-corrected chi connectivity index (χ2v) is 7.78. The molecule has 4 rings (SSSR count). The minimum absolute atomic E-state index is 0. The molecule has 3 aromatic rings. The number of aryl methyl sites for hydroxylation is 1. The van der Waals surface area contributed by atoms with Crippen LogP contribution < -0.4 is 4.90 Å². The summed E-state index contributed by atoms with van der Waals surface area (Å²) in [5, 5.41) is 5.50. The van der Waals surface area contributed by atoms with Gasteiger partial charge in [-0.1, -0.05) is 29.0 Å². The van der Waals surface area contributed by atoms with E-state index in [2.05, 4.69) is 15.0 Å². The van der Waals surface area contributed by atoms with Crippen LogP contribution in [-0.4, -0.2) is 65.0 Å². The van der Waals surface area contributed by atoms with Gasteiger partial charge in [0.25, 0.3) is 5.91 Å². The highest BCUT2D eigenvalue weighted by molar-refractivity contribution is 7.22. The quantitative estimate of drug-likeness (QED) is 0.608. The third-order valence-electron chi connectivity index (χ3n) is 4.51. The van der Waals surface area contributed by atoms with Crippen molar-refractivity contribution in [2.75, 3.05) is 44.3 Å². The molecule has 10 heteroatoms. The maximum absolute atomic E-state index is 13.1. The minimum atomic E-state index is -0.154. The van der Waals surface area contributed by atoms with Crippen LogP contribution in [0, 0.1) is 0 Å². The van der Waals surface area contributed by atoms with Crippen LogP contribution in [0.1, 0.15) is 10.5 Å². The Kier molecular flexibility index (Phi) is 6.90. The SMILES string of the molecule is Cl.Cn1ccc(C(=O)N(CCN2CCOCC2)c2nc3c(Cl)cccc3s2)n1. The van der Waals surface area contributed by atoms with Gasteiger partial charge in [0.2, 0.25) is 0 Å². The zero-order valence-corrected chi connectivity index (χ0v) is 17.8. The molecule has 0 N–H and O–H groups in total. The van der Waals surface area contributed by atoms with E-state index in [1.54, 1.807) is 28.9 Å². The topological polar surface area (TPSA) is 63.5 Å². The van der Waals surface area contributed by atoms with E-state index in [9.17, 15) is 4.79 Å². The predicted molar refractivity (Wildman–Crippen MR) is 114 cm³/mol. The molecule has 2 aromatic heterocycles. The molecule has 7 nitrogen and oxygen atoms in total. The largest absolute Gasteiger partial charge is 0.379 e. The molecule has 1 aliphatic heterocycles. The number of rotatable bonds is 5. The van der Waals surface area contributed by atoms with Crippen molar-refractivity contribution in [2.45, 2.75) is 0 Å². The highest BCUT2D eigenvalue weighted by Gasteiger charge is 2.24. The van der Waals surface area contributed by atoms with Gasteiger partial charge in [-0.15, -0.1) is 12.4 Å². The van der Waals surface area contributed by atoms with Gasteiger partial charge in [-0.2, -0.15) is 5.10 Å². The fourth-order valence-corrected chi connectivity index (χ4v) is 4.33. The van der Waals surface area contributed by atoms with Crippen LogP contribution in [0.4, 0.5) is 5.13 Å². The number of hydrogen-bond donors (Lipinski definition) is 0. The summed E-state index contributed by atoms with van der Waals surface area (Å²) in [6, 6.07) is 7.40. The number of nitrogens with zero attached hydrogens (tertiary/aromatic N) is 5. The molecule has 0 atom stereocenters. The Morgan fingerprint density at radius 3 is 2.79 bits per heavy atom. The summed E-state index contributed by atoms with van der Waals surface area (Å²) in [7, 11) is 1.80. The zero-order chi connectivity index (χ0) is 18.8. The van der Waals surface area contributed by atoms with Crippen molar-refractivity contribution in [1.82, 2.24) is 19.7 Å². The zero-order valence-electron chi connectivity index (χ0n) is 15.4. The lowest BCUT2D eigenvalue weighted by atomic mass is 10.3. The first-order valence-corrected chi connectivity index (χ1v) is 9.98. The highest BCUT2D eigenvalue weighted by Crippen LogP contribution is 2.33. The van der Waals surface area contributed by atoms with Gasteiger partial charge in [0.05, 0.1) is 22.9 Å². The number of carbonyl (C=O) groups is 1. The average Bonchev–Trinajstić information content (AvgIpc) is 3.30. The molecule has 1 aliphatic rings. The molecule has 0 spiro atoms. The molecule has 0 saturated carbocycles. The highest BCUT2D eigenvalue weighted by atomic mass is 35.5. The molecule has 3 heterocycles. The molecule has 0 radical (unpaired) electrons. The number of benzene rings is 1. The molecule has 1 fully saturated rings. The van der Waals surface area contributed by atoms with Crippen LogP contribution in [0.3, 0.4) is 0 Å². The number of halogens is 2. The van der Waals surface area contributed by atoms with E-state index in [0.717, 1.165) is 43.1 Å². The summed E-state index contributed by atoms with van der Waals surface area (Å²) < 4.78 is 7.99. The first kappa shape index (κ1) is 21.0. The molecular weight excluding hydrogens is 421 g/mol. The first-order chi connectivity index (χ1) is 13.1. The summed E-state index contributed by atoms with van der Waals surface area (Å²) in [5.74, 6) is -0.154. The van der Waals surface area contributed by atoms with Gasteiger partial charge in [0, 0.05) is 39.4 Å². The van der Waals surface area contributed by atoms with E-state index in [1.165, 1.54) is 11.3 Å². The van der Waals surface area contributed by atoms with Crippen molar-refractivity contribution < 1.29 is 9.53 Å². The summed E-state index contributed by atoms with van der Waals surface area (Å²) in [6.45, 7) is 4.49. The Morgan fingerprint density at radius 1 is 1.32 bits per heavy atom. The Morgan fingerprint density at radius 2 is 2.11 bits per heavy atom. The van der Waals surface area contributed by atoms with Crippen LogP contribution in [0.2, 0.25) is 5.02 Å². The van der Waals surface area contributed by atoms with Gasteiger partial charge in [0.15, 0.2) is 10.8 Å². The van der Waals surface area contributed by atoms with Crippen molar-refractivity contribution in [3.63, 3.8) is 0 Å². The summed E-state index contributed by atoms with van der Waals surface area (Å²) in [6.07, 6.45) is 1.77. The summed E-state index contributed by atoms with van der Waals surface area (Å²) in [5.41, 5.74) is 1.13. The lowest BCUT2D eigenvalue weighted by Gasteiger charge is -2.29. The lowest BCUT2D eigenvalue weighted by Crippen LogP contribution is -2.43. The summed E-state index contributed by atoms with van der Waals surface area (Å²) in [4.78, 5) is 21.8. The smallest absolute Gasteiger partial charge is 0.280 e. The average molecular weight is 442 g/mol. The van der Waals surface area contributed by atoms with E-state index in [4.69, 9.17) is 16.3 Å². The van der Waals surface area contributed by atoms with Crippen LogP contribution in [0.15, 0.2) is 30.5 Å². The maximum Gasteiger partial charge on any atom is 0.280 e. The van der Waals surface area contributed by atoms with Crippen molar-refractivity contribution in [3.8, 4) is 0 Å². The Bertz CT molecular complexity index is 955. The molecular formula is C18H21Cl2N5O2S. The van der Waals surface area contributed by atoms with Crippen molar-refractivity contribution in [1.29, 1.82) is 0 Å². The predicted octanol–water partition coefficient (Wildman–Crippen LogP) is 3.08. The maximum atomic E-state index is 13.1. The number of aromatic nitrogens is 3. The first-order valence-electron chi connectivity index (χ1n) is 8.78. The molecule has 1 aromatic carbocycles. The van der Waals surface area contributed by atoms with Gasteiger partial charge in [-0.05, 0) is 18.2 Å². The van der Waals surface area contributed by atoms with Crippen LogP contribution >= 0.6 is 35.3 Å². The standard InChI is InChI=1S/C18H20ClN5O2S.ClH/c1-22-6-5-14(21-22)17(25)24(8-7-23-9-11-26-12-10-23)18-20-16-13(19)3-2-4-15(16)27-18;/h2-6H,7-12H2,1H3;1H. The third kappa shape index (κ3) is 4.47. The number of carbonyl (C=O) groups excluding carboxylic acids is 1. The second-order valence-electron chi connectivity index (χ2n) is 6.37. The van der Waals surface area contributed by atoms with E-state index < -0.39 is 0 Å². The fourth-order valence-electron chi connectivity index (χ4n) is 3.04. The van der Waals surface area contributed by atoms with Gasteiger partial charge < -0.3 is 4.74 Å². The second kappa shape index (κ2) is 9.19. The van der Waals surface area contributed by atoms with Crippen molar-refractivity contribution in [3.05, 3.63) is 41.2 Å². The van der Waals surface area contributed by atoms with E-state index >= 15 is 0 Å². The van der Waals surface area contributed by atoms with Gasteiger partial charge >= 0.3 is 0 Å². The molecule has 0 aliphatic carbocycles. The van der Waals surface area contributed by atoms with Gasteiger partial charge in [-0.3, -0.25) is 19.3 Å². The number of amides is 1. The van der Waals surface area contributed by atoms with E-state index in [1.807, 2.05) is 18.2 Å². The Balaban J connectivity index is 0.00000225. The molecule has 150 valence electrons. The molecule has 0 bridgehead atoms. The molecule has 1 saturated heterocycles. The fraction of sp³-hybridized carbons (Fsp3) is 0.389. The lowest BCUT2D eigenvalue weighted by molar-refractivity contribution is 0.0391.